The van der Waals surface area contributed by atoms with Crippen LogP contribution in [0.1, 0.15) is 62.7 Å². The summed E-state index contributed by atoms with van der Waals surface area (Å²) in [5.41, 5.74) is 3.42. The van der Waals surface area contributed by atoms with E-state index in [4.69, 9.17) is 4.52 Å². The van der Waals surface area contributed by atoms with Crippen molar-refractivity contribution in [3.8, 4) is 0 Å². The number of rotatable bonds is 4. The Balaban J connectivity index is 1.35. The van der Waals surface area contributed by atoms with Gasteiger partial charge in [0.1, 0.15) is 11.5 Å². The molecule has 146 valence electrons. The third-order valence-electron chi connectivity index (χ3n) is 5.93. The molecule has 1 aliphatic carbocycles. The van der Waals surface area contributed by atoms with Crippen molar-refractivity contribution >= 4 is 0 Å². The highest BCUT2D eigenvalue weighted by Gasteiger charge is 2.26. The molecule has 6 heteroatoms. The van der Waals surface area contributed by atoms with Gasteiger partial charge in [-0.2, -0.15) is 5.10 Å². The number of hydrogen-bond donors (Lipinski definition) is 0. The summed E-state index contributed by atoms with van der Waals surface area (Å²) in [5, 5.41) is 8.92. The predicted molar refractivity (Wildman–Crippen MR) is 104 cm³/mol. The zero-order chi connectivity index (χ0) is 19.0. The average Bonchev–Trinajstić information content (AvgIpc) is 3.22. The molecule has 27 heavy (non-hydrogen) atoms. The van der Waals surface area contributed by atoms with E-state index in [0.717, 1.165) is 69.0 Å². The molecule has 1 fully saturated rings. The van der Waals surface area contributed by atoms with Gasteiger partial charge in [-0.05, 0) is 50.8 Å². The first-order chi connectivity index (χ1) is 12.9. The minimum absolute atomic E-state index is 0.00332. The molecule has 2 aromatic rings. The lowest BCUT2D eigenvalue weighted by Crippen LogP contribution is -2.37. The van der Waals surface area contributed by atoms with Crippen molar-refractivity contribution < 1.29 is 4.52 Å². The van der Waals surface area contributed by atoms with E-state index in [2.05, 4.69) is 35.9 Å². The molecule has 6 nitrogen and oxygen atoms in total. The maximum atomic E-state index is 12.2. The molecule has 0 spiro atoms. The number of hydrogen-bond acceptors (Lipinski definition) is 5. The minimum Gasteiger partial charge on any atom is -0.361 e. The van der Waals surface area contributed by atoms with Gasteiger partial charge in [-0.25, -0.2) is 4.68 Å². The number of aromatic nitrogens is 3. The molecule has 0 N–H and O–H groups in total. The molecule has 0 atom stereocenters. The van der Waals surface area contributed by atoms with Crippen molar-refractivity contribution in [3.63, 3.8) is 0 Å². The molecule has 1 saturated heterocycles. The van der Waals surface area contributed by atoms with E-state index in [0.29, 0.717) is 5.92 Å². The highest BCUT2D eigenvalue weighted by atomic mass is 16.5. The lowest BCUT2D eigenvalue weighted by molar-refractivity contribution is 0.159. The van der Waals surface area contributed by atoms with Gasteiger partial charge in [-0.15, -0.1) is 0 Å². The summed E-state index contributed by atoms with van der Waals surface area (Å²) >= 11 is 0. The first kappa shape index (κ1) is 18.4. The van der Waals surface area contributed by atoms with Crippen LogP contribution in [0.25, 0.3) is 0 Å². The fraction of sp³-hybridized carbons (Fsp3) is 0.667. The van der Waals surface area contributed by atoms with Gasteiger partial charge in [0.15, 0.2) is 0 Å². The van der Waals surface area contributed by atoms with E-state index in [1.54, 1.807) is 10.7 Å². The van der Waals surface area contributed by atoms with Crippen LogP contribution in [0.3, 0.4) is 0 Å². The van der Waals surface area contributed by atoms with Gasteiger partial charge in [0.25, 0.3) is 5.56 Å². The van der Waals surface area contributed by atoms with Gasteiger partial charge in [0.2, 0.25) is 0 Å². The lowest BCUT2D eigenvalue weighted by atomic mass is 9.92. The second kappa shape index (κ2) is 7.23. The molecular formula is C21H30N4O2. The van der Waals surface area contributed by atoms with Gasteiger partial charge in [0.05, 0.1) is 5.69 Å². The third kappa shape index (κ3) is 4.00. The van der Waals surface area contributed by atoms with E-state index >= 15 is 0 Å². The summed E-state index contributed by atoms with van der Waals surface area (Å²) in [6.07, 6.45) is 5.53. The molecule has 0 amide bonds. The Morgan fingerprint density at radius 3 is 2.70 bits per heavy atom. The van der Waals surface area contributed by atoms with Gasteiger partial charge >= 0.3 is 0 Å². The molecule has 0 radical (unpaired) electrons. The first-order valence-corrected chi connectivity index (χ1v) is 10.2. The maximum absolute atomic E-state index is 12.2. The monoisotopic (exact) mass is 370 g/mol. The van der Waals surface area contributed by atoms with E-state index in [-0.39, 0.29) is 11.0 Å². The molecule has 0 unspecified atom stereocenters. The van der Waals surface area contributed by atoms with E-state index < -0.39 is 0 Å². The summed E-state index contributed by atoms with van der Waals surface area (Å²) < 4.78 is 7.15. The number of piperidine rings is 1. The standard InChI is InChI=1S/C21H30N4O2/c1-21(2,3)19-7-8-20(26)25(22-19)13-15-9-11-24(12-10-15)14-17-16-5-4-6-18(16)27-23-17/h7-8,15H,4-6,9-14H2,1-3H3. The Hall–Kier alpha value is -1.95. The summed E-state index contributed by atoms with van der Waals surface area (Å²) in [5.74, 6) is 1.61. The molecule has 1 aliphatic heterocycles. The molecule has 2 aliphatic rings. The minimum atomic E-state index is -0.0450. The number of aryl methyl sites for hydroxylation is 1. The van der Waals surface area contributed by atoms with E-state index in [1.165, 1.54) is 12.0 Å². The first-order valence-electron chi connectivity index (χ1n) is 10.2. The van der Waals surface area contributed by atoms with Crippen LogP contribution in [0.4, 0.5) is 0 Å². The molecule has 3 heterocycles. The number of likely N-dealkylation sites (tertiary alicyclic amines) is 1. The van der Waals surface area contributed by atoms with Crippen molar-refractivity contribution in [1.29, 1.82) is 0 Å². The van der Waals surface area contributed by atoms with Gasteiger partial charge < -0.3 is 4.52 Å². The second-order valence-electron chi connectivity index (χ2n) is 9.09. The van der Waals surface area contributed by atoms with Crippen molar-refractivity contribution in [2.75, 3.05) is 13.1 Å². The highest BCUT2D eigenvalue weighted by molar-refractivity contribution is 5.27. The van der Waals surface area contributed by atoms with Crippen LogP contribution in [0, 0.1) is 5.92 Å². The van der Waals surface area contributed by atoms with Gasteiger partial charge in [-0.3, -0.25) is 9.69 Å². The summed E-state index contributed by atoms with van der Waals surface area (Å²) in [7, 11) is 0. The van der Waals surface area contributed by atoms with Crippen LogP contribution in [-0.4, -0.2) is 32.9 Å². The summed E-state index contributed by atoms with van der Waals surface area (Å²) in [4.78, 5) is 14.7. The quantitative estimate of drug-likeness (QED) is 0.828. The fourth-order valence-corrected chi connectivity index (χ4v) is 4.17. The van der Waals surface area contributed by atoms with Crippen molar-refractivity contribution in [3.05, 3.63) is 45.2 Å². The number of fused-ring (bicyclic) bond motifs is 1. The van der Waals surface area contributed by atoms with Gasteiger partial charge in [-0.1, -0.05) is 25.9 Å². The lowest BCUT2D eigenvalue weighted by Gasteiger charge is -2.31. The van der Waals surface area contributed by atoms with Crippen LogP contribution in [0.15, 0.2) is 21.5 Å². The molecular weight excluding hydrogens is 340 g/mol. The topological polar surface area (TPSA) is 64.2 Å². The zero-order valence-electron chi connectivity index (χ0n) is 16.7. The SMILES string of the molecule is CC(C)(C)c1ccc(=O)n(CC2CCN(Cc3noc4c3CCC4)CC2)n1. The molecule has 0 saturated carbocycles. The van der Waals surface area contributed by atoms with Gasteiger partial charge in [0, 0.05) is 36.6 Å². The van der Waals surface area contributed by atoms with Crippen LogP contribution >= 0.6 is 0 Å². The van der Waals surface area contributed by atoms with Crippen molar-refractivity contribution in [2.45, 2.75) is 71.4 Å². The van der Waals surface area contributed by atoms with E-state index in [1.807, 2.05) is 6.07 Å². The van der Waals surface area contributed by atoms with E-state index in [9.17, 15) is 4.79 Å². The van der Waals surface area contributed by atoms with Crippen LogP contribution in [0.2, 0.25) is 0 Å². The fourth-order valence-electron chi connectivity index (χ4n) is 4.17. The molecule has 4 rings (SSSR count). The highest BCUT2D eigenvalue weighted by Crippen LogP contribution is 2.27. The second-order valence-corrected chi connectivity index (χ2v) is 9.09. The summed E-state index contributed by atoms with van der Waals surface area (Å²) in [6, 6.07) is 3.52. The largest absolute Gasteiger partial charge is 0.361 e. The Morgan fingerprint density at radius 2 is 1.96 bits per heavy atom. The summed E-state index contributed by atoms with van der Waals surface area (Å²) in [6.45, 7) is 10.1. The Kier molecular flexibility index (Phi) is 4.93. The van der Waals surface area contributed by atoms with Crippen molar-refractivity contribution in [1.82, 2.24) is 19.8 Å². The Labute approximate surface area is 160 Å². The van der Waals surface area contributed by atoms with Crippen LogP contribution in [0.5, 0.6) is 0 Å². The molecule has 0 bridgehead atoms. The smallest absolute Gasteiger partial charge is 0.266 e. The predicted octanol–water partition coefficient (Wildman–Crippen LogP) is 2.93. The average molecular weight is 370 g/mol. The number of nitrogens with zero attached hydrogens (tertiary/aromatic N) is 4. The Morgan fingerprint density at radius 1 is 1.19 bits per heavy atom. The third-order valence-corrected chi connectivity index (χ3v) is 5.93. The normalized spacial score (nSPS) is 18.8. The molecule has 0 aromatic carbocycles. The zero-order valence-corrected chi connectivity index (χ0v) is 16.7. The van der Waals surface area contributed by atoms with Crippen LogP contribution < -0.4 is 5.56 Å². The Bertz CT molecular complexity index is 854. The maximum Gasteiger partial charge on any atom is 0.266 e. The van der Waals surface area contributed by atoms with Crippen LogP contribution in [-0.2, 0) is 31.3 Å². The molecule has 2 aromatic heterocycles. The van der Waals surface area contributed by atoms with Crippen molar-refractivity contribution in [2.24, 2.45) is 5.92 Å².